The van der Waals surface area contributed by atoms with Gasteiger partial charge in [-0.05, 0) is 35.0 Å². The first kappa shape index (κ1) is 11.3. The predicted molar refractivity (Wildman–Crippen MR) is 65.0 cm³/mol. The standard InChI is InChI=1S/C10H7BrFN3S/c1-5-8(11)10(16)15-9(14-5)7-3-2-6(12)4-13-7/h2-4H,1H3,(H,14,15,16). The number of aromatic amines is 1. The number of halogens is 2. The lowest BCUT2D eigenvalue weighted by atomic mass is 10.3. The summed E-state index contributed by atoms with van der Waals surface area (Å²) in [7, 11) is 0. The molecule has 0 spiro atoms. The van der Waals surface area contributed by atoms with Crippen LogP contribution in [-0.4, -0.2) is 15.0 Å². The van der Waals surface area contributed by atoms with E-state index in [-0.39, 0.29) is 5.82 Å². The zero-order valence-corrected chi connectivity index (χ0v) is 10.7. The molecule has 0 aliphatic heterocycles. The van der Waals surface area contributed by atoms with Gasteiger partial charge in [-0.1, -0.05) is 12.2 Å². The maximum atomic E-state index is 12.7. The summed E-state index contributed by atoms with van der Waals surface area (Å²) in [4.78, 5) is 11.1. The van der Waals surface area contributed by atoms with Gasteiger partial charge in [-0.3, -0.25) is 0 Å². The van der Waals surface area contributed by atoms with Gasteiger partial charge in [-0.25, -0.2) is 14.4 Å². The fourth-order valence-corrected chi connectivity index (χ4v) is 1.64. The van der Waals surface area contributed by atoms with Gasteiger partial charge < -0.3 is 4.98 Å². The SMILES string of the molecule is Cc1[nH]c(-c2ccc(F)cn2)nc(=S)c1Br. The third kappa shape index (κ3) is 2.17. The molecule has 0 saturated heterocycles. The van der Waals surface area contributed by atoms with Crippen molar-refractivity contribution in [2.45, 2.75) is 6.92 Å². The molecule has 2 heterocycles. The number of aromatic nitrogens is 3. The quantitative estimate of drug-likeness (QED) is 0.821. The lowest BCUT2D eigenvalue weighted by Crippen LogP contribution is -1.96. The van der Waals surface area contributed by atoms with Crippen LogP contribution in [0.4, 0.5) is 4.39 Å². The second-order valence-electron chi connectivity index (χ2n) is 3.19. The number of nitrogens with one attached hydrogen (secondary N) is 1. The second kappa shape index (κ2) is 4.39. The van der Waals surface area contributed by atoms with E-state index in [2.05, 4.69) is 30.9 Å². The van der Waals surface area contributed by atoms with Gasteiger partial charge in [0.2, 0.25) is 0 Å². The van der Waals surface area contributed by atoms with Crippen LogP contribution in [0, 0.1) is 17.4 Å². The molecule has 0 aromatic carbocycles. The molecule has 2 aromatic heterocycles. The Bertz CT molecular complexity index is 580. The van der Waals surface area contributed by atoms with Crippen LogP contribution in [0.25, 0.3) is 11.5 Å². The van der Waals surface area contributed by atoms with E-state index in [1.165, 1.54) is 6.07 Å². The maximum absolute atomic E-state index is 12.7. The van der Waals surface area contributed by atoms with Crippen molar-refractivity contribution >= 4 is 28.1 Å². The van der Waals surface area contributed by atoms with E-state index < -0.39 is 0 Å². The maximum Gasteiger partial charge on any atom is 0.157 e. The van der Waals surface area contributed by atoms with Crippen molar-refractivity contribution in [2.75, 3.05) is 0 Å². The van der Waals surface area contributed by atoms with Gasteiger partial charge in [0.1, 0.15) is 16.2 Å². The van der Waals surface area contributed by atoms with Crippen molar-refractivity contribution in [3.8, 4) is 11.5 Å². The van der Waals surface area contributed by atoms with Crippen LogP contribution in [0.15, 0.2) is 22.8 Å². The molecule has 0 aliphatic carbocycles. The van der Waals surface area contributed by atoms with E-state index in [0.29, 0.717) is 16.2 Å². The zero-order valence-electron chi connectivity index (χ0n) is 8.29. The Kier molecular flexibility index (Phi) is 3.11. The summed E-state index contributed by atoms with van der Waals surface area (Å²) in [5.41, 5.74) is 1.42. The lowest BCUT2D eigenvalue weighted by molar-refractivity contribution is 0.621. The Morgan fingerprint density at radius 1 is 1.44 bits per heavy atom. The summed E-state index contributed by atoms with van der Waals surface area (Å²) in [6.07, 6.45) is 1.14. The highest BCUT2D eigenvalue weighted by atomic mass is 79.9. The molecule has 6 heteroatoms. The first-order valence-corrected chi connectivity index (χ1v) is 5.66. The number of pyridine rings is 1. The highest BCUT2D eigenvalue weighted by molar-refractivity contribution is 9.10. The van der Waals surface area contributed by atoms with Crippen molar-refractivity contribution in [1.82, 2.24) is 15.0 Å². The minimum atomic E-state index is -0.379. The van der Waals surface area contributed by atoms with Crippen LogP contribution in [0.3, 0.4) is 0 Å². The smallest absolute Gasteiger partial charge is 0.157 e. The minimum Gasteiger partial charge on any atom is -0.341 e. The molecule has 82 valence electrons. The van der Waals surface area contributed by atoms with Crippen molar-refractivity contribution in [3.05, 3.63) is 39.0 Å². The van der Waals surface area contributed by atoms with Crippen molar-refractivity contribution < 1.29 is 4.39 Å². The molecular formula is C10H7BrFN3S. The fourth-order valence-electron chi connectivity index (χ4n) is 1.21. The van der Waals surface area contributed by atoms with E-state index >= 15 is 0 Å². The van der Waals surface area contributed by atoms with E-state index in [1.807, 2.05) is 6.92 Å². The van der Waals surface area contributed by atoms with E-state index in [1.54, 1.807) is 6.07 Å². The zero-order chi connectivity index (χ0) is 11.7. The van der Waals surface area contributed by atoms with Gasteiger partial charge in [0.15, 0.2) is 5.82 Å². The van der Waals surface area contributed by atoms with Crippen molar-refractivity contribution in [1.29, 1.82) is 0 Å². The van der Waals surface area contributed by atoms with Gasteiger partial charge in [0.05, 0.1) is 10.7 Å². The largest absolute Gasteiger partial charge is 0.341 e. The summed E-state index contributed by atoms with van der Waals surface area (Å²) in [5, 5.41) is 0. The minimum absolute atomic E-state index is 0.379. The lowest BCUT2D eigenvalue weighted by Gasteiger charge is -2.03. The molecule has 0 atom stereocenters. The Hall–Kier alpha value is -1.14. The van der Waals surface area contributed by atoms with E-state index in [9.17, 15) is 4.39 Å². The summed E-state index contributed by atoms with van der Waals surface area (Å²) in [6, 6.07) is 2.88. The molecular weight excluding hydrogens is 293 g/mol. The van der Waals surface area contributed by atoms with Crippen LogP contribution < -0.4 is 0 Å². The Balaban J connectivity index is 2.57. The Morgan fingerprint density at radius 2 is 2.19 bits per heavy atom. The monoisotopic (exact) mass is 299 g/mol. The summed E-state index contributed by atoms with van der Waals surface area (Å²) >= 11 is 8.39. The number of rotatable bonds is 1. The third-order valence-corrected chi connectivity index (χ3v) is 3.53. The van der Waals surface area contributed by atoms with Gasteiger partial charge in [-0.2, -0.15) is 0 Å². The molecule has 0 fully saturated rings. The number of hydrogen-bond acceptors (Lipinski definition) is 3. The van der Waals surface area contributed by atoms with E-state index in [0.717, 1.165) is 16.4 Å². The highest BCUT2D eigenvalue weighted by Crippen LogP contribution is 2.19. The molecule has 0 saturated carbocycles. The average molecular weight is 300 g/mol. The van der Waals surface area contributed by atoms with Gasteiger partial charge in [0.25, 0.3) is 0 Å². The Labute approximate surface area is 105 Å². The molecule has 0 unspecified atom stereocenters. The van der Waals surface area contributed by atoms with E-state index in [4.69, 9.17) is 12.2 Å². The first-order valence-electron chi connectivity index (χ1n) is 4.46. The van der Waals surface area contributed by atoms with Crippen molar-refractivity contribution in [2.24, 2.45) is 0 Å². The predicted octanol–water partition coefficient (Wildman–Crippen LogP) is 3.41. The molecule has 2 rings (SSSR count). The molecule has 1 N–H and O–H groups in total. The summed E-state index contributed by atoms with van der Waals surface area (Å²) < 4.78 is 13.9. The molecule has 16 heavy (non-hydrogen) atoms. The summed E-state index contributed by atoms with van der Waals surface area (Å²) in [5.74, 6) is 0.155. The number of aryl methyl sites for hydroxylation is 1. The molecule has 3 nitrogen and oxygen atoms in total. The van der Waals surface area contributed by atoms with Crippen LogP contribution in [0.1, 0.15) is 5.69 Å². The van der Waals surface area contributed by atoms with Gasteiger partial charge in [-0.15, -0.1) is 0 Å². The first-order chi connectivity index (χ1) is 7.58. The average Bonchev–Trinajstić information content (AvgIpc) is 2.26. The summed E-state index contributed by atoms with van der Waals surface area (Å²) in [6.45, 7) is 1.87. The number of H-pyrrole nitrogens is 1. The van der Waals surface area contributed by atoms with Crippen LogP contribution in [0.2, 0.25) is 0 Å². The fraction of sp³-hybridized carbons (Fsp3) is 0.100. The molecule has 0 radical (unpaired) electrons. The molecule has 2 aromatic rings. The Morgan fingerprint density at radius 3 is 2.75 bits per heavy atom. The number of nitrogens with zero attached hydrogens (tertiary/aromatic N) is 2. The molecule has 0 bridgehead atoms. The van der Waals surface area contributed by atoms with Crippen LogP contribution in [-0.2, 0) is 0 Å². The highest BCUT2D eigenvalue weighted by Gasteiger charge is 2.05. The molecule has 0 aliphatic rings. The third-order valence-electron chi connectivity index (χ3n) is 2.01. The molecule has 0 amide bonds. The van der Waals surface area contributed by atoms with Gasteiger partial charge in [0, 0.05) is 5.69 Å². The van der Waals surface area contributed by atoms with Crippen LogP contribution >= 0.6 is 28.1 Å². The van der Waals surface area contributed by atoms with Crippen molar-refractivity contribution in [3.63, 3.8) is 0 Å². The second-order valence-corrected chi connectivity index (χ2v) is 4.37. The topological polar surface area (TPSA) is 41.6 Å². The van der Waals surface area contributed by atoms with Crippen LogP contribution in [0.5, 0.6) is 0 Å². The number of hydrogen-bond donors (Lipinski definition) is 1. The van der Waals surface area contributed by atoms with Gasteiger partial charge >= 0.3 is 0 Å². The normalized spacial score (nSPS) is 10.4.